The van der Waals surface area contributed by atoms with Crippen molar-refractivity contribution in [1.82, 2.24) is 24.5 Å². The van der Waals surface area contributed by atoms with Crippen LogP contribution in [0.5, 0.6) is 0 Å². The molecule has 58 heavy (non-hydrogen) atoms. The Morgan fingerprint density at radius 2 is 1.47 bits per heavy atom. The fourth-order valence-electron chi connectivity index (χ4n) is 6.18. The van der Waals surface area contributed by atoms with E-state index in [9.17, 15) is 0 Å². The first kappa shape index (κ1) is 44.2. The normalized spacial score (nSPS) is 13.0. The zero-order chi connectivity index (χ0) is 42.2. The monoisotopic (exact) mass is 775 g/mol. The summed E-state index contributed by atoms with van der Waals surface area (Å²) < 4.78 is 3.24. The van der Waals surface area contributed by atoms with Gasteiger partial charge in [-0.15, -0.1) is 0 Å². The molecule has 4 rings (SSSR count). The third kappa shape index (κ3) is 10.5. The second kappa shape index (κ2) is 21.7. The van der Waals surface area contributed by atoms with Gasteiger partial charge in [0.1, 0.15) is 0 Å². The molecular weight excluding hydrogens is 724 g/mol. The quantitative estimate of drug-likeness (QED) is 0.0703. The number of thiazole rings is 1. The van der Waals surface area contributed by atoms with Crippen molar-refractivity contribution in [3.05, 3.63) is 201 Å². The molecule has 0 saturated heterocycles. The molecule has 4 aromatic rings. The first-order valence-electron chi connectivity index (χ1n) is 19.1. The molecule has 0 saturated carbocycles. The van der Waals surface area contributed by atoms with Gasteiger partial charge in [-0.2, -0.15) is 0 Å². The maximum absolute atomic E-state index is 5.06. The van der Waals surface area contributed by atoms with Crippen LogP contribution < -0.4 is 5.46 Å². The second-order valence-corrected chi connectivity index (χ2v) is 13.9. The summed E-state index contributed by atoms with van der Waals surface area (Å²) in [4.78, 5) is 19.6. The Bertz CT molecular complexity index is 2500. The molecule has 3 aromatic heterocycles. The molecule has 0 spiro atoms. The molecule has 0 bridgehead atoms. The topological polar surface area (TPSA) is 56.5 Å². The van der Waals surface area contributed by atoms with Crippen LogP contribution >= 0.6 is 11.3 Å². The molecular formula is C50H51B2N5S. The van der Waals surface area contributed by atoms with Gasteiger partial charge in [-0.05, 0) is 32.0 Å². The SMILES string of the molecule is C=C/C=C\C(=B/C)C(=C)/C=C\c1c(BC)c(/C=C\C=C)c(C)n1/C(C=C)=C/C(=C)c1nc2cc(-c3nc(/C(C=C)=C/C=C\C)nc(/C(C=C)=C/C=C\C)n3)ccc2s1. The average molecular weight is 776 g/mol. The molecule has 3 heterocycles. The molecule has 0 aliphatic carbocycles. The zero-order valence-electron chi connectivity index (χ0n) is 34.5. The van der Waals surface area contributed by atoms with Crippen LogP contribution in [0.3, 0.4) is 0 Å². The number of allylic oxidation sites excluding steroid dienone is 21. The van der Waals surface area contributed by atoms with Crippen molar-refractivity contribution in [2.45, 2.75) is 34.4 Å². The van der Waals surface area contributed by atoms with Gasteiger partial charge < -0.3 is 0 Å². The van der Waals surface area contributed by atoms with Gasteiger partial charge in [-0.25, -0.2) is 15.0 Å². The predicted molar refractivity (Wildman–Crippen MR) is 263 cm³/mol. The van der Waals surface area contributed by atoms with Crippen LogP contribution in [0.15, 0.2) is 167 Å². The van der Waals surface area contributed by atoms with Gasteiger partial charge in [0.2, 0.25) is 0 Å². The molecule has 0 aliphatic heterocycles. The molecule has 0 unspecified atom stereocenters. The van der Waals surface area contributed by atoms with E-state index in [0.29, 0.717) is 17.5 Å². The Hall–Kier alpha value is -6.50. The van der Waals surface area contributed by atoms with Crippen LogP contribution in [0.25, 0.3) is 56.2 Å². The zero-order valence-corrected chi connectivity index (χ0v) is 35.3. The van der Waals surface area contributed by atoms with Gasteiger partial charge in [-0.1, -0.05) is 61.8 Å². The number of benzene rings is 1. The van der Waals surface area contributed by atoms with Crippen molar-refractivity contribution in [2.75, 3.05) is 0 Å². The summed E-state index contributed by atoms with van der Waals surface area (Å²) in [7, 11) is 0.821. The number of hydrogen-bond donors (Lipinski definition) is 0. The van der Waals surface area contributed by atoms with E-state index in [0.717, 1.165) is 78.5 Å². The Labute approximate surface area is 350 Å². The second-order valence-electron chi connectivity index (χ2n) is 12.9. The van der Waals surface area contributed by atoms with Gasteiger partial charge in [0.25, 0.3) is 0 Å². The van der Waals surface area contributed by atoms with E-state index >= 15 is 0 Å². The molecule has 5 nitrogen and oxygen atoms in total. The van der Waals surface area contributed by atoms with Crippen molar-refractivity contribution in [1.29, 1.82) is 0 Å². The predicted octanol–water partition coefficient (Wildman–Crippen LogP) is 11.8. The van der Waals surface area contributed by atoms with E-state index < -0.39 is 0 Å². The van der Waals surface area contributed by atoms with Crippen LogP contribution in [0.4, 0.5) is 0 Å². The third-order valence-electron chi connectivity index (χ3n) is 9.13. The number of rotatable bonds is 19. The minimum atomic E-state index is 0.510. The van der Waals surface area contributed by atoms with E-state index in [1.165, 1.54) is 5.46 Å². The van der Waals surface area contributed by atoms with Gasteiger partial charge in [0, 0.05) is 16.7 Å². The molecule has 1 aromatic carbocycles. The Kier molecular flexibility index (Phi) is 16.5. The standard InChI is InChI=1S/C50H51B2N5S/c1-13-20-24-37(17-5)47-54-48(38(18-6)25-21-14-2)56-49(55-47)39-29-31-45-43(33-39)53-50(58-45)35(9)32-40(19-7)57-36(10)41(26-22-15-3)46(52-12)44(57)30-28-34(8)42(51-11)27-23-16-4/h13-33,52H,3-9H2,1-2,10-12H3/b20-13-,21-14-,26-22-,27-23-,30-28-,37-24+,38-25+,40-32+. The fourth-order valence-corrected chi connectivity index (χ4v) is 7.07. The van der Waals surface area contributed by atoms with E-state index in [1.807, 2.05) is 107 Å². The summed E-state index contributed by atoms with van der Waals surface area (Å²) in [5, 5.41) is 0.791. The van der Waals surface area contributed by atoms with E-state index in [1.54, 1.807) is 35.6 Å². The summed E-state index contributed by atoms with van der Waals surface area (Å²) >= 11 is 1.58. The molecule has 288 valence electrons. The van der Waals surface area contributed by atoms with Crippen LogP contribution in [-0.4, -0.2) is 44.2 Å². The Morgan fingerprint density at radius 1 is 0.810 bits per heavy atom. The number of aromatic nitrogens is 5. The van der Waals surface area contributed by atoms with E-state index in [-0.39, 0.29) is 0 Å². The molecule has 0 aliphatic rings. The van der Waals surface area contributed by atoms with Gasteiger partial charge in [0.15, 0.2) is 17.5 Å². The summed E-state index contributed by atoms with van der Waals surface area (Å²) in [6.07, 6.45) is 34.8. The Balaban J connectivity index is 1.84. The van der Waals surface area contributed by atoms with Crippen molar-refractivity contribution in [2.24, 2.45) is 0 Å². The van der Waals surface area contributed by atoms with Gasteiger partial charge in [-0.3, -0.25) is 0 Å². The molecule has 0 fully saturated rings. The van der Waals surface area contributed by atoms with Crippen molar-refractivity contribution >= 4 is 81.2 Å². The van der Waals surface area contributed by atoms with Crippen molar-refractivity contribution < 1.29 is 0 Å². The molecule has 0 atom stereocenters. The minimum absolute atomic E-state index is 0.510. The van der Waals surface area contributed by atoms with Gasteiger partial charge >= 0.3 is 209 Å². The molecule has 0 amide bonds. The van der Waals surface area contributed by atoms with Crippen LogP contribution in [0.1, 0.15) is 47.5 Å². The van der Waals surface area contributed by atoms with Crippen LogP contribution in [-0.2, 0) is 0 Å². The summed E-state index contributed by atoms with van der Waals surface area (Å²) in [6.45, 7) is 41.1. The number of hydrogen-bond acceptors (Lipinski definition) is 5. The molecule has 0 radical (unpaired) electrons. The average Bonchev–Trinajstić information content (AvgIpc) is 3.79. The van der Waals surface area contributed by atoms with Crippen molar-refractivity contribution in [3.63, 3.8) is 0 Å². The number of nitrogens with zero attached hydrogens (tertiary/aromatic N) is 5. The number of fused-ring (bicyclic) bond motifs is 1. The third-order valence-corrected chi connectivity index (χ3v) is 10.2. The first-order chi connectivity index (χ1) is 28.1. The molecule has 0 N–H and O–H groups in total. The van der Waals surface area contributed by atoms with Crippen LogP contribution in [0, 0.1) is 6.92 Å². The van der Waals surface area contributed by atoms with Crippen LogP contribution in [0.2, 0.25) is 13.6 Å². The van der Waals surface area contributed by atoms with Gasteiger partial charge in [0.05, 0.1) is 0 Å². The maximum atomic E-state index is 5.06. The Morgan fingerprint density at radius 3 is 2.02 bits per heavy atom. The summed E-state index contributed by atoms with van der Waals surface area (Å²) in [6, 6.07) is 6.08. The van der Waals surface area contributed by atoms with E-state index in [4.69, 9.17) is 19.9 Å². The fraction of sp³-hybridized carbons (Fsp3) is 0.100. The first-order valence-corrected chi connectivity index (χ1v) is 19.9. The van der Waals surface area contributed by atoms with Crippen molar-refractivity contribution in [3.8, 4) is 11.4 Å². The summed E-state index contributed by atoms with van der Waals surface area (Å²) in [5.74, 6) is 1.54. The molecule has 8 heteroatoms. The van der Waals surface area contributed by atoms with E-state index in [2.05, 4.69) is 88.7 Å². The summed E-state index contributed by atoms with van der Waals surface area (Å²) in [5.41, 5.74) is 11.2.